The fourth-order valence-corrected chi connectivity index (χ4v) is 7.58. The van der Waals surface area contributed by atoms with Gasteiger partial charge in [-0.15, -0.1) is 0 Å². The maximum Gasteiger partial charge on any atom is 0.283 e. The normalized spacial score (nSPS) is 18.3. The predicted molar refractivity (Wildman–Crippen MR) is 103 cm³/mol. The van der Waals surface area contributed by atoms with Crippen LogP contribution in [-0.4, -0.2) is 44.0 Å². The van der Waals surface area contributed by atoms with Crippen LogP contribution < -0.4 is 0 Å². The third-order valence-electron chi connectivity index (χ3n) is 4.94. The molecule has 2 aromatic carbocycles. The van der Waals surface area contributed by atoms with Gasteiger partial charge in [0.1, 0.15) is 0 Å². The van der Waals surface area contributed by atoms with E-state index in [-0.39, 0.29) is 4.90 Å². The van der Waals surface area contributed by atoms with Crippen LogP contribution in [0.2, 0.25) is 0 Å². The van der Waals surface area contributed by atoms with Gasteiger partial charge in [0.25, 0.3) is 10.1 Å². The Kier molecular flexibility index (Phi) is 6.00. The molecular formula is C19H23NO5S2. The van der Waals surface area contributed by atoms with Crippen LogP contribution in [0.3, 0.4) is 0 Å². The van der Waals surface area contributed by atoms with Crippen LogP contribution in [0.25, 0.3) is 0 Å². The molecule has 8 heteroatoms. The second-order valence-corrected chi connectivity index (χ2v) is 10.7. The lowest BCUT2D eigenvalue weighted by atomic mass is 9.98. The zero-order valence-electron chi connectivity index (χ0n) is 14.8. The first-order chi connectivity index (χ1) is 12.8. The van der Waals surface area contributed by atoms with Gasteiger partial charge < -0.3 is 0 Å². The topological polar surface area (TPSA) is 91.8 Å². The van der Waals surface area contributed by atoms with Gasteiger partial charge in [-0.1, -0.05) is 48.5 Å². The second-order valence-electron chi connectivity index (χ2n) is 6.84. The molecule has 0 aromatic heterocycles. The zero-order valence-corrected chi connectivity index (χ0v) is 16.4. The maximum absolute atomic E-state index is 12.9. The third kappa shape index (κ3) is 4.76. The summed E-state index contributed by atoms with van der Waals surface area (Å²) in [7, 11) is -8.94. The molecule has 0 bridgehead atoms. The summed E-state index contributed by atoms with van der Waals surface area (Å²) in [6.45, 7) is 1.89. The highest BCUT2D eigenvalue weighted by atomic mass is 32.3. The molecule has 0 amide bonds. The fourth-order valence-electron chi connectivity index (χ4n) is 3.63. The Bertz CT molecular complexity index is 952. The Balaban J connectivity index is 1.77. The van der Waals surface area contributed by atoms with E-state index in [9.17, 15) is 21.4 Å². The number of hydrogen-bond acceptors (Lipinski definition) is 5. The van der Waals surface area contributed by atoms with Gasteiger partial charge in [-0.3, -0.25) is 9.45 Å². The molecule has 1 unspecified atom stereocenters. The monoisotopic (exact) mass is 409 g/mol. The van der Waals surface area contributed by atoms with E-state index in [1.165, 1.54) is 24.3 Å². The van der Waals surface area contributed by atoms with Gasteiger partial charge in [0.2, 0.25) is 0 Å². The van der Waals surface area contributed by atoms with E-state index in [1.54, 1.807) is 6.07 Å². The smallest absolute Gasteiger partial charge is 0.283 e. The summed E-state index contributed by atoms with van der Waals surface area (Å²) in [6, 6.07) is 17.4. The van der Waals surface area contributed by atoms with Crippen molar-refractivity contribution in [3.63, 3.8) is 0 Å². The van der Waals surface area contributed by atoms with Crippen molar-refractivity contribution in [2.24, 2.45) is 5.92 Å². The first-order valence-corrected chi connectivity index (χ1v) is 11.8. The second kappa shape index (κ2) is 8.10. The van der Waals surface area contributed by atoms with Gasteiger partial charge in [0.15, 0.2) is 14.4 Å². The fraction of sp³-hybridized carbons (Fsp3) is 0.368. The first-order valence-electron chi connectivity index (χ1n) is 8.80. The van der Waals surface area contributed by atoms with Crippen molar-refractivity contribution in [2.45, 2.75) is 28.9 Å². The van der Waals surface area contributed by atoms with Gasteiger partial charge in [-0.05, 0) is 49.5 Å². The highest BCUT2D eigenvalue weighted by Crippen LogP contribution is 2.32. The Labute approximate surface area is 160 Å². The minimum absolute atomic E-state index is 0.0839. The van der Waals surface area contributed by atoms with E-state index in [0.29, 0.717) is 25.9 Å². The van der Waals surface area contributed by atoms with Crippen molar-refractivity contribution < 1.29 is 21.4 Å². The van der Waals surface area contributed by atoms with Gasteiger partial charge in [-0.25, -0.2) is 8.42 Å². The van der Waals surface area contributed by atoms with Crippen LogP contribution in [0.5, 0.6) is 0 Å². The van der Waals surface area contributed by atoms with Crippen LogP contribution in [0, 0.1) is 5.92 Å². The van der Waals surface area contributed by atoms with Crippen LogP contribution in [0.1, 0.15) is 18.4 Å². The molecule has 1 fully saturated rings. The predicted octanol–water partition coefficient (Wildman–Crippen LogP) is 2.59. The number of piperidine rings is 1. The van der Waals surface area contributed by atoms with Crippen LogP contribution in [0.4, 0.5) is 0 Å². The molecule has 6 nitrogen and oxygen atoms in total. The number of rotatable bonds is 6. The van der Waals surface area contributed by atoms with Gasteiger partial charge in [-0.2, -0.15) is 8.42 Å². The third-order valence-corrected chi connectivity index (χ3v) is 9.32. The summed E-state index contributed by atoms with van der Waals surface area (Å²) in [5.41, 5.74) is 1.15. The molecule has 1 N–H and O–H groups in total. The number of hydrogen-bond donors (Lipinski definition) is 1. The lowest BCUT2D eigenvalue weighted by Crippen LogP contribution is -2.43. The molecule has 0 radical (unpaired) electrons. The molecule has 1 atom stereocenters. The largest absolute Gasteiger partial charge is 0.299 e. The molecule has 1 saturated heterocycles. The average molecular weight is 410 g/mol. The molecule has 0 saturated carbocycles. The lowest BCUT2D eigenvalue weighted by molar-refractivity contribution is 0.180. The van der Waals surface area contributed by atoms with Gasteiger partial charge in [0.05, 0.1) is 4.90 Å². The lowest BCUT2D eigenvalue weighted by Gasteiger charge is -2.34. The van der Waals surface area contributed by atoms with E-state index in [4.69, 9.17) is 0 Å². The molecule has 1 aliphatic heterocycles. The zero-order chi connectivity index (χ0) is 19.5. The molecule has 3 rings (SSSR count). The van der Waals surface area contributed by atoms with Crippen molar-refractivity contribution in [3.05, 3.63) is 66.2 Å². The number of sulfone groups is 1. The highest BCUT2D eigenvalue weighted by Gasteiger charge is 2.44. The van der Waals surface area contributed by atoms with Crippen molar-refractivity contribution in [2.75, 3.05) is 13.1 Å². The van der Waals surface area contributed by atoms with E-state index in [0.717, 1.165) is 12.1 Å². The van der Waals surface area contributed by atoms with Crippen LogP contribution in [-0.2, 0) is 26.5 Å². The average Bonchev–Trinajstić information content (AvgIpc) is 2.64. The Hall–Kier alpha value is -1.74. The summed E-state index contributed by atoms with van der Waals surface area (Å²) in [5.74, 6) is -0.641. The van der Waals surface area contributed by atoms with Crippen LogP contribution in [0.15, 0.2) is 65.6 Å². The summed E-state index contributed by atoms with van der Waals surface area (Å²) in [4.78, 5) is 2.08. The van der Waals surface area contributed by atoms with Gasteiger partial charge >= 0.3 is 0 Å². The molecule has 0 aliphatic carbocycles. The highest BCUT2D eigenvalue weighted by molar-refractivity contribution is 8.06. The maximum atomic E-state index is 12.9. The molecular weight excluding hydrogens is 386 g/mol. The Morgan fingerprint density at radius 3 is 1.93 bits per heavy atom. The summed E-state index contributed by atoms with van der Waals surface area (Å²) in [6.07, 6.45) is 0.784. The summed E-state index contributed by atoms with van der Waals surface area (Å²) in [5, 5.41) is 0. The SMILES string of the molecule is O=S(=O)(O)C(C1CCN(Cc2ccccc2)CC1)S(=O)(=O)c1ccccc1. The quantitative estimate of drug-likeness (QED) is 0.738. The number of benzene rings is 2. The van der Waals surface area contributed by atoms with Crippen molar-refractivity contribution >= 4 is 20.0 Å². The van der Waals surface area contributed by atoms with Gasteiger partial charge in [0, 0.05) is 6.54 Å². The minimum Gasteiger partial charge on any atom is -0.299 e. The van der Waals surface area contributed by atoms with E-state index in [1.807, 2.05) is 30.3 Å². The summed E-state index contributed by atoms with van der Waals surface area (Å²) >= 11 is 0. The van der Waals surface area contributed by atoms with E-state index >= 15 is 0 Å². The van der Waals surface area contributed by atoms with E-state index < -0.39 is 30.5 Å². The molecule has 146 valence electrons. The minimum atomic E-state index is -4.75. The van der Waals surface area contributed by atoms with Crippen molar-refractivity contribution in [1.82, 2.24) is 4.90 Å². The first kappa shape index (κ1) is 20.0. The standard InChI is InChI=1S/C19H23NO5S2/c21-26(22,18-9-5-2-6-10-18)19(27(23,24)25)17-11-13-20(14-12-17)15-16-7-3-1-4-8-16/h1-10,17,19H,11-15H2,(H,23,24,25). The van der Waals surface area contributed by atoms with Crippen molar-refractivity contribution in [3.8, 4) is 0 Å². The Morgan fingerprint density at radius 1 is 0.889 bits per heavy atom. The summed E-state index contributed by atoms with van der Waals surface area (Å²) < 4.78 is 57.6. The van der Waals surface area contributed by atoms with E-state index in [2.05, 4.69) is 4.90 Å². The molecule has 0 spiro atoms. The number of nitrogens with zero attached hydrogens (tertiary/aromatic N) is 1. The Morgan fingerprint density at radius 2 is 1.41 bits per heavy atom. The number of likely N-dealkylation sites (tertiary alicyclic amines) is 1. The molecule has 27 heavy (non-hydrogen) atoms. The molecule has 2 aromatic rings. The molecule has 1 heterocycles. The molecule has 1 aliphatic rings. The van der Waals surface area contributed by atoms with Crippen LogP contribution >= 0.6 is 0 Å². The van der Waals surface area contributed by atoms with Crippen molar-refractivity contribution in [1.29, 1.82) is 0 Å².